The standard InChI is InChI=1S/C12H14BrF4N/c1-11(2,7-13)18(3)10-5-4-8(6-9(10)14)12(15,16)17/h4-6H,7H2,1-3H3. The van der Waals surface area contributed by atoms with Crippen LogP contribution < -0.4 is 4.90 Å². The topological polar surface area (TPSA) is 3.24 Å². The zero-order chi connectivity index (χ0) is 14.1. The lowest BCUT2D eigenvalue weighted by Gasteiger charge is -2.36. The van der Waals surface area contributed by atoms with Crippen LogP contribution in [0.5, 0.6) is 0 Å². The van der Waals surface area contributed by atoms with Crippen molar-refractivity contribution in [3.63, 3.8) is 0 Å². The van der Waals surface area contributed by atoms with Gasteiger partial charge in [-0.2, -0.15) is 13.2 Å². The Labute approximate surface area is 112 Å². The molecule has 0 fully saturated rings. The third-order valence-corrected chi connectivity index (χ3v) is 4.24. The lowest BCUT2D eigenvalue weighted by molar-refractivity contribution is -0.137. The number of hydrogen-bond donors (Lipinski definition) is 0. The maximum Gasteiger partial charge on any atom is 0.416 e. The molecule has 102 valence electrons. The molecule has 0 bridgehead atoms. The van der Waals surface area contributed by atoms with E-state index >= 15 is 0 Å². The highest BCUT2D eigenvalue weighted by atomic mass is 79.9. The molecule has 0 aliphatic carbocycles. The maximum absolute atomic E-state index is 13.7. The average molecular weight is 328 g/mol. The molecule has 1 rings (SSSR count). The van der Waals surface area contributed by atoms with Gasteiger partial charge in [0.05, 0.1) is 11.3 Å². The first-order chi connectivity index (χ1) is 8.09. The number of anilines is 1. The molecule has 1 aromatic carbocycles. The fraction of sp³-hybridized carbons (Fsp3) is 0.500. The summed E-state index contributed by atoms with van der Waals surface area (Å²) in [4.78, 5) is 1.61. The predicted molar refractivity (Wildman–Crippen MR) is 67.7 cm³/mol. The largest absolute Gasteiger partial charge is 0.416 e. The summed E-state index contributed by atoms with van der Waals surface area (Å²) in [5.74, 6) is -0.874. The highest BCUT2D eigenvalue weighted by molar-refractivity contribution is 9.09. The second-order valence-electron chi connectivity index (χ2n) is 4.67. The number of rotatable bonds is 3. The molecule has 0 aromatic heterocycles. The first kappa shape index (κ1) is 15.3. The summed E-state index contributed by atoms with van der Waals surface area (Å²) in [5, 5.41) is 0.566. The van der Waals surface area contributed by atoms with Crippen LogP contribution in [0.2, 0.25) is 0 Å². The van der Waals surface area contributed by atoms with E-state index in [-0.39, 0.29) is 5.69 Å². The van der Waals surface area contributed by atoms with Crippen molar-refractivity contribution >= 4 is 21.6 Å². The minimum atomic E-state index is -4.52. The molecule has 18 heavy (non-hydrogen) atoms. The summed E-state index contributed by atoms with van der Waals surface area (Å²) in [7, 11) is 1.65. The van der Waals surface area contributed by atoms with Gasteiger partial charge in [0.2, 0.25) is 0 Å². The van der Waals surface area contributed by atoms with Gasteiger partial charge in [0.15, 0.2) is 0 Å². The minimum absolute atomic E-state index is 0.146. The molecular formula is C12H14BrF4N. The van der Waals surface area contributed by atoms with Crippen LogP contribution in [0.4, 0.5) is 23.2 Å². The van der Waals surface area contributed by atoms with Crippen LogP contribution in [0, 0.1) is 5.82 Å². The van der Waals surface area contributed by atoms with E-state index in [1.165, 1.54) is 0 Å². The smallest absolute Gasteiger partial charge is 0.366 e. The summed E-state index contributed by atoms with van der Waals surface area (Å²) < 4.78 is 51.0. The summed E-state index contributed by atoms with van der Waals surface area (Å²) in [6, 6.07) is 2.57. The van der Waals surface area contributed by atoms with Gasteiger partial charge < -0.3 is 4.90 Å². The van der Waals surface area contributed by atoms with Crippen molar-refractivity contribution in [2.75, 3.05) is 17.3 Å². The van der Waals surface area contributed by atoms with Crippen molar-refractivity contribution in [3.8, 4) is 0 Å². The van der Waals surface area contributed by atoms with Gasteiger partial charge in [-0.1, -0.05) is 15.9 Å². The molecule has 6 heteroatoms. The Morgan fingerprint density at radius 2 is 1.78 bits per heavy atom. The SMILES string of the molecule is CN(c1ccc(C(F)(F)F)cc1F)C(C)(C)CBr. The monoisotopic (exact) mass is 327 g/mol. The normalized spacial score (nSPS) is 12.7. The van der Waals surface area contributed by atoms with Crippen LogP contribution in [0.3, 0.4) is 0 Å². The Bertz CT molecular complexity index is 429. The van der Waals surface area contributed by atoms with E-state index in [9.17, 15) is 17.6 Å². The van der Waals surface area contributed by atoms with E-state index in [4.69, 9.17) is 0 Å². The predicted octanol–water partition coefficient (Wildman–Crippen LogP) is 4.45. The zero-order valence-corrected chi connectivity index (χ0v) is 11.9. The Kier molecular flexibility index (Phi) is 4.30. The molecule has 0 atom stereocenters. The van der Waals surface area contributed by atoms with Crippen molar-refractivity contribution in [1.29, 1.82) is 0 Å². The summed E-state index contributed by atoms with van der Waals surface area (Å²) >= 11 is 3.30. The summed E-state index contributed by atoms with van der Waals surface area (Å²) in [6.07, 6.45) is -4.52. The molecule has 0 amide bonds. The van der Waals surface area contributed by atoms with Gasteiger partial charge in [0.25, 0.3) is 0 Å². The van der Waals surface area contributed by atoms with Crippen molar-refractivity contribution in [2.24, 2.45) is 0 Å². The molecule has 0 unspecified atom stereocenters. The number of benzene rings is 1. The van der Waals surface area contributed by atoms with Crippen LogP contribution in [-0.4, -0.2) is 17.9 Å². The molecule has 0 aliphatic heterocycles. The Morgan fingerprint density at radius 3 is 2.17 bits per heavy atom. The molecule has 1 aromatic rings. The third-order valence-electron chi connectivity index (χ3n) is 2.87. The molecule has 0 spiro atoms. The zero-order valence-electron chi connectivity index (χ0n) is 10.3. The Morgan fingerprint density at radius 1 is 1.22 bits per heavy atom. The summed E-state index contributed by atoms with van der Waals surface area (Å²) in [5.41, 5.74) is -1.23. The first-order valence-electron chi connectivity index (χ1n) is 5.26. The quantitative estimate of drug-likeness (QED) is 0.585. The second kappa shape index (κ2) is 5.07. The maximum atomic E-state index is 13.7. The van der Waals surface area contributed by atoms with Gasteiger partial charge in [-0.3, -0.25) is 0 Å². The number of halogens is 5. The summed E-state index contributed by atoms with van der Waals surface area (Å²) in [6.45, 7) is 3.72. The first-order valence-corrected chi connectivity index (χ1v) is 6.38. The Balaban J connectivity index is 3.14. The second-order valence-corrected chi connectivity index (χ2v) is 5.23. The van der Waals surface area contributed by atoms with E-state index in [1.54, 1.807) is 11.9 Å². The van der Waals surface area contributed by atoms with Crippen molar-refractivity contribution in [3.05, 3.63) is 29.6 Å². The molecule has 0 aliphatic rings. The van der Waals surface area contributed by atoms with Crippen LogP contribution in [0.15, 0.2) is 18.2 Å². The number of hydrogen-bond acceptors (Lipinski definition) is 1. The fourth-order valence-corrected chi connectivity index (χ4v) is 1.75. The lowest BCUT2D eigenvalue weighted by Crippen LogP contribution is -2.43. The van der Waals surface area contributed by atoms with Crippen molar-refractivity contribution < 1.29 is 17.6 Å². The van der Waals surface area contributed by atoms with E-state index < -0.39 is 23.1 Å². The molecule has 0 heterocycles. The van der Waals surface area contributed by atoms with Crippen molar-refractivity contribution in [1.82, 2.24) is 0 Å². The van der Waals surface area contributed by atoms with Crippen LogP contribution in [0.25, 0.3) is 0 Å². The minimum Gasteiger partial charge on any atom is -0.366 e. The average Bonchev–Trinajstić information content (AvgIpc) is 2.26. The van der Waals surface area contributed by atoms with Gasteiger partial charge in [0, 0.05) is 17.9 Å². The molecule has 0 N–H and O–H groups in total. The number of alkyl halides is 4. The highest BCUT2D eigenvalue weighted by Crippen LogP contribution is 2.33. The molecule has 1 nitrogen and oxygen atoms in total. The molecule has 0 saturated heterocycles. The van der Waals surface area contributed by atoms with Crippen molar-refractivity contribution in [2.45, 2.75) is 25.6 Å². The van der Waals surface area contributed by atoms with Gasteiger partial charge in [-0.25, -0.2) is 4.39 Å². The van der Waals surface area contributed by atoms with Gasteiger partial charge in [-0.15, -0.1) is 0 Å². The molecular weight excluding hydrogens is 314 g/mol. The lowest BCUT2D eigenvalue weighted by atomic mass is 10.0. The van der Waals surface area contributed by atoms with Gasteiger partial charge in [-0.05, 0) is 32.0 Å². The highest BCUT2D eigenvalue weighted by Gasteiger charge is 2.32. The van der Waals surface area contributed by atoms with E-state index in [0.29, 0.717) is 11.4 Å². The number of nitrogens with zero attached hydrogens (tertiary/aromatic N) is 1. The fourth-order valence-electron chi connectivity index (χ4n) is 1.37. The van der Waals surface area contributed by atoms with Crippen LogP contribution in [-0.2, 0) is 6.18 Å². The van der Waals surface area contributed by atoms with Crippen LogP contribution in [0.1, 0.15) is 19.4 Å². The van der Waals surface area contributed by atoms with Gasteiger partial charge >= 0.3 is 6.18 Å². The van der Waals surface area contributed by atoms with E-state index in [2.05, 4.69) is 15.9 Å². The van der Waals surface area contributed by atoms with Gasteiger partial charge in [0.1, 0.15) is 5.82 Å². The van der Waals surface area contributed by atoms with Crippen LogP contribution >= 0.6 is 15.9 Å². The third kappa shape index (κ3) is 3.16. The Hall–Kier alpha value is -0.780. The van der Waals surface area contributed by atoms with E-state index in [1.807, 2.05) is 13.8 Å². The molecule has 0 saturated carbocycles. The van der Waals surface area contributed by atoms with E-state index in [0.717, 1.165) is 12.1 Å². The molecule has 0 radical (unpaired) electrons.